The van der Waals surface area contributed by atoms with Gasteiger partial charge in [-0.05, 0) is 6.54 Å². The monoisotopic (exact) mass is 179 g/mol. The van der Waals surface area contributed by atoms with E-state index in [9.17, 15) is 0 Å². The van der Waals surface area contributed by atoms with E-state index in [4.69, 9.17) is 11.5 Å². The number of fused-ring (bicyclic) bond motifs is 1. The van der Waals surface area contributed by atoms with Crippen LogP contribution in [0.2, 0.25) is 0 Å². The van der Waals surface area contributed by atoms with E-state index in [0.717, 1.165) is 30.9 Å². The Bertz CT molecular complexity index is 336. The minimum Gasteiger partial charge on any atom is -0.383 e. The SMILES string of the molecule is CCN1Cc2nc(N)nc(N)c2C1. The third kappa shape index (κ3) is 1.31. The average molecular weight is 179 g/mol. The van der Waals surface area contributed by atoms with Crippen LogP contribution in [0.4, 0.5) is 11.8 Å². The van der Waals surface area contributed by atoms with Gasteiger partial charge in [0.1, 0.15) is 5.82 Å². The summed E-state index contributed by atoms with van der Waals surface area (Å²) in [6.45, 7) is 4.79. The van der Waals surface area contributed by atoms with Gasteiger partial charge in [0.2, 0.25) is 5.95 Å². The molecule has 1 aromatic rings. The van der Waals surface area contributed by atoms with Crippen molar-refractivity contribution >= 4 is 11.8 Å². The molecule has 0 amide bonds. The lowest BCUT2D eigenvalue weighted by atomic mass is 10.2. The molecule has 0 atom stereocenters. The Morgan fingerprint density at radius 2 is 2.08 bits per heavy atom. The Morgan fingerprint density at radius 3 is 2.77 bits per heavy atom. The van der Waals surface area contributed by atoms with Gasteiger partial charge in [-0.3, -0.25) is 4.90 Å². The van der Waals surface area contributed by atoms with Crippen molar-refractivity contribution in [3.05, 3.63) is 11.3 Å². The van der Waals surface area contributed by atoms with Crippen molar-refractivity contribution in [1.82, 2.24) is 14.9 Å². The summed E-state index contributed by atoms with van der Waals surface area (Å²) in [5, 5.41) is 0. The molecule has 0 radical (unpaired) electrons. The molecular weight excluding hydrogens is 166 g/mol. The fraction of sp³-hybridized carbons (Fsp3) is 0.500. The minimum absolute atomic E-state index is 0.272. The van der Waals surface area contributed by atoms with Crippen molar-refractivity contribution < 1.29 is 0 Å². The first-order valence-electron chi connectivity index (χ1n) is 4.33. The van der Waals surface area contributed by atoms with Gasteiger partial charge >= 0.3 is 0 Å². The molecule has 0 spiro atoms. The first-order chi connectivity index (χ1) is 6.20. The predicted octanol–water partition coefficient (Wildman–Crippen LogP) is -0.0235. The van der Waals surface area contributed by atoms with Crippen LogP contribution in [0.3, 0.4) is 0 Å². The molecular formula is C8H13N5. The van der Waals surface area contributed by atoms with Gasteiger partial charge in [0.25, 0.3) is 0 Å². The summed E-state index contributed by atoms with van der Waals surface area (Å²) in [5.74, 6) is 0.799. The highest BCUT2D eigenvalue weighted by Crippen LogP contribution is 2.24. The number of nitrogens with zero attached hydrogens (tertiary/aromatic N) is 3. The molecule has 0 aliphatic carbocycles. The van der Waals surface area contributed by atoms with Gasteiger partial charge in [-0.1, -0.05) is 6.92 Å². The molecule has 4 N–H and O–H groups in total. The maximum absolute atomic E-state index is 5.73. The molecule has 5 heteroatoms. The van der Waals surface area contributed by atoms with Crippen molar-refractivity contribution in [2.75, 3.05) is 18.0 Å². The molecule has 1 aliphatic rings. The van der Waals surface area contributed by atoms with Crippen molar-refractivity contribution in [3.8, 4) is 0 Å². The van der Waals surface area contributed by atoms with E-state index in [1.54, 1.807) is 0 Å². The predicted molar refractivity (Wildman–Crippen MR) is 50.6 cm³/mol. The number of hydrogen-bond donors (Lipinski definition) is 2. The smallest absolute Gasteiger partial charge is 0.222 e. The van der Waals surface area contributed by atoms with Gasteiger partial charge in [-0.25, -0.2) is 4.98 Å². The summed E-state index contributed by atoms with van der Waals surface area (Å²) in [5.41, 5.74) is 13.2. The van der Waals surface area contributed by atoms with E-state index >= 15 is 0 Å². The molecule has 0 aromatic carbocycles. The van der Waals surface area contributed by atoms with Gasteiger partial charge in [0.05, 0.1) is 5.69 Å². The van der Waals surface area contributed by atoms with E-state index in [1.807, 2.05) is 0 Å². The lowest BCUT2D eigenvalue weighted by Gasteiger charge is -2.08. The van der Waals surface area contributed by atoms with Crippen LogP contribution >= 0.6 is 0 Å². The van der Waals surface area contributed by atoms with Gasteiger partial charge in [0.15, 0.2) is 0 Å². The Hall–Kier alpha value is -1.36. The molecule has 0 saturated carbocycles. The second-order valence-corrected chi connectivity index (χ2v) is 3.20. The number of rotatable bonds is 1. The average Bonchev–Trinajstić information content (AvgIpc) is 2.47. The molecule has 2 rings (SSSR count). The molecule has 0 bridgehead atoms. The van der Waals surface area contributed by atoms with Crippen LogP contribution < -0.4 is 11.5 Å². The molecule has 1 aliphatic heterocycles. The standard InChI is InChI=1S/C8H13N5/c1-2-13-3-5-6(4-13)11-8(10)12-7(5)9/h2-4H2,1H3,(H4,9,10,11,12). The molecule has 0 fully saturated rings. The highest BCUT2D eigenvalue weighted by atomic mass is 15.2. The zero-order valence-corrected chi connectivity index (χ0v) is 7.62. The largest absolute Gasteiger partial charge is 0.383 e. The van der Waals surface area contributed by atoms with E-state index in [-0.39, 0.29) is 5.95 Å². The van der Waals surface area contributed by atoms with E-state index < -0.39 is 0 Å². The lowest BCUT2D eigenvalue weighted by Crippen LogP contribution is -2.15. The van der Waals surface area contributed by atoms with E-state index in [2.05, 4.69) is 21.8 Å². The first kappa shape index (κ1) is 8.25. The maximum Gasteiger partial charge on any atom is 0.222 e. The zero-order valence-electron chi connectivity index (χ0n) is 7.62. The van der Waals surface area contributed by atoms with Crippen LogP contribution in [0.25, 0.3) is 0 Å². The number of aromatic nitrogens is 2. The first-order valence-corrected chi connectivity index (χ1v) is 4.33. The maximum atomic E-state index is 5.73. The summed E-state index contributed by atoms with van der Waals surface area (Å²) in [4.78, 5) is 10.3. The van der Waals surface area contributed by atoms with Crippen molar-refractivity contribution in [2.24, 2.45) is 0 Å². The van der Waals surface area contributed by atoms with E-state index in [1.165, 1.54) is 0 Å². The van der Waals surface area contributed by atoms with Crippen molar-refractivity contribution in [1.29, 1.82) is 0 Å². The second kappa shape index (κ2) is 2.85. The summed E-state index contributed by atoms with van der Waals surface area (Å²) in [6, 6.07) is 0. The van der Waals surface area contributed by atoms with E-state index in [0.29, 0.717) is 5.82 Å². The summed E-state index contributed by atoms with van der Waals surface area (Å²) in [7, 11) is 0. The van der Waals surface area contributed by atoms with Crippen LogP contribution in [0, 0.1) is 0 Å². The van der Waals surface area contributed by atoms with Crippen LogP contribution in [0.15, 0.2) is 0 Å². The van der Waals surface area contributed by atoms with Crippen LogP contribution in [-0.4, -0.2) is 21.4 Å². The molecule has 0 unspecified atom stereocenters. The fourth-order valence-corrected chi connectivity index (χ4v) is 1.59. The van der Waals surface area contributed by atoms with Crippen LogP contribution in [0.1, 0.15) is 18.2 Å². The Morgan fingerprint density at radius 1 is 1.31 bits per heavy atom. The minimum atomic E-state index is 0.272. The molecule has 70 valence electrons. The topological polar surface area (TPSA) is 81.1 Å². The number of nitrogen functional groups attached to an aromatic ring is 2. The molecule has 5 nitrogen and oxygen atoms in total. The molecule has 13 heavy (non-hydrogen) atoms. The number of nitrogens with two attached hydrogens (primary N) is 2. The van der Waals surface area contributed by atoms with Crippen LogP contribution in [-0.2, 0) is 13.1 Å². The zero-order chi connectivity index (χ0) is 9.42. The summed E-state index contributed by atoms with van der Waals surface area (Å²) < 4.78 is 0. The third-order valence-corrected chi connectivity index (χ3v) is 2.34. The molecule has 1 aromatic heterocycles. The normalized spacial score (nSPS) is 16.1. The van der Waals surface area contributed by atoms with Gasteiger partial charge in [-0.15, -0.1) is 0 Å². The van der Waals surface area contributed by atoms with Crippen LogP contribution in [0.5, 0.6) is 0 Å². The molecule has 2 heterocycles. The Kier molecular flexibility index (Phi) is 1.81. The van der Waals surface area contributed by atoms with Gasteiger partial charge in [-0.2, -0.15) is 4.98 Å². The summed E-state index contributed by atoms with van der Waals surface area (Å²) in [6.07, 6.45) is 0. The van der Waals surface area contributed by atoms with Gasteiger partial charge in [0, 0.05) is 18.7 Å². The second-order valence-electron chi connectivity index (χ2n) is 3.20. The Labute approximate surface area is 76.8 Å². The number of anilines is 2. The fourth-order valence-electron chi connectivity index (χ4n) is 1.59. The number of hydrogen-bond acceptors (Lipinski definition) is 5. The quantitative estimate of drug-likeness (QED) is 0.633. The lowest BCUT2D eigenvalue weighted by molar-refractivity contribution is 0.299. The van der Waals surface area contributed by atoms with Crippen molar-refractivity contribution in [2.45, 2.75) is 20.0 Å². The Balaban J connectivity index is 2.40. The summed E-state index contributed by atoms with van der Waals surface area (Å²) >= 11 is 0. The molecule has 0 saturated heterocycles. The van der Waals surface area contributed by atoms with Crippen molar-refractivity contribution in [3.63, 3.8) is 0 Å². The highest BCUT2D eigenvalue weighted by molar-refractivity contribution is 5.47. The highest BCUT2D eigenvalue weighted by Gasteiger charge is 2.22. The van der Waals surface area contributed by atoms with Gasteiger partial charge < -0.3 is 11.5 Å². The third-order valence-electron chi connectivity index (χ3n) is 2.34.